The molecule has 0 fully saturated rings. The maximum Gasteiger partial charge on any atom is 0.258 e. The van der Waals surface area contributed by atoms with Crippen LogP contribution in [0.5, 0.6) is 0 Å². The molecule has 0 saturated heterocycles. The molecule has 0 radical (unpaired) electrons. The van der Waals surface area contributed by atoms with Crippen molar-refractivity contribution in [2.45, 2.75) is 6.10 Å². The molecule has 21 heavy (non-hydrogen) atoms. The van der Waals surface area contributed by atoms with Gasteiger partial charge in [0.25, 0.3) is 5.91 Å². The molecule has 2 N–H and O–H groups in total. The predicted octanol–water partition coefficient (Wildman–Crippen LogP) is 2.89. The number of hydrogen-bond acceptors (Lipinski definition) is 3. The van der Waals surface area contributed by atoms with Gasteiger partial charge in [-0.3, -0.25) is 9.89 Å². The average molecular weight is 281 g/mol. The van der Waals surface area contributed by atoms with Gasteiger partial charge in [0.15, 0.2) is 6.10 Å². The highest BCUT2D eigenvalue weighted by Crippen LogP contribution is 2.21. The number of anilines is 1. The second-order valence-corrected chi connectivity index (χ2v) is 4.69. The molecule has 0 saturated carbocycles. The fourth-order valence-electron chi connectivity index (χ4n) is 2.25. The third-order valence-corrected chi connectivity index (χ3v) is 3.28. The van der Waals surface area contributed by atoms with Crippen LogP contribution in [0.2, 0.25) is 0 Å². The number of hydrogen-bond donors (Lipinski definition) is 2. The molecule has 5 heteroatoms. The zero-order chi connectivity index (χ0) is 14.7. The Balaban J connectivity index is 1.81. The van der Waals surface area contributed by atoms with E-state index in [-0.39, 0.29) is 5.91 Å². The largest absolute Gasteiger partial charge is 0.367 e. The van der Waals surface area contributed by atoms with Crippen LogP contribution >= 0.6 is 0 Å². The van der Waals surface area contributed by atoms with E-state index in [4.69, 9.17) is 4.74 Å². The van der Waals surface area contributed by atoms with Crippen LogP contribution in [-0.4, -0.2) is 23.2 Å². The Morgan fingerprint density at radius 2 is 2.05 bits per heavy atom. The lowest BCUT2D eigenvalue weighted by molar-refractivity contribution is -0.126. The fourth-order valence-corrected chi connectivity index (χ4v) is 2.25. The third kappa shape index (κ3) is 2.78. The molecular weight excluding hydrogens is 266 g/mol. The lowest BCUT2D eigenvalue weighted by Gasteiger charge is -2.15. The topological polar surface area (TPSA) is 67.0 Å². The van der Waals surface area contributed by atoms with Gasteiger partial charge in [-0.15, -0.1) is 0 Å². The molecule has 1 atom stereocenters. The molecule has 3 aromatic rings. The second kappa shape index (κ2) is 5.76. The Morgan fingerprint density at radius 1 is 1.24 bits per heavy atom. The number of benzene rings is 2. The highest BCUT2D eigenvalue weighted by atomic mass is 16.5. The van der Waals surface area contributed by atoms with E-state index in [9.17, 15) is 4.79 Å². The van der Waals surface area contributed by atoms with Crippen molar-refractivity contribution in [3.63, 3.8) is 0 Å². The summed E-state index contributed by atoms with van der Waals surface area (Å²) in [5.41, 5.74) is 2.47. The van der Waals surface area contributed by atoms with Gasteiger partial charge < -0.3 is 10.1 Å². The number of amides is 1. The van der Waals surface area contributed by atoms with Crippen LogP contribution in [0, 0.1) is 0 Å². The molecule has 0 aliphatic heterocycles. The summed E-state index contributed by atoms with van der Waals surface area (Å²) in [6.45, 7) is 0. The number of aromatic nitrogens is 2. The van der Waals surface area contributed by atoms with Gasteiger partial charge in [0.05, 0.1) is 11.7 Å². The van der Waals surface area contributed by atoms with Crippen molar-refractivity contribution >= 4 is 22.5 Å². The van der Waals surface area contributed by atoms with Crippen molar-refractivity contribution in [2.75, 3.05) is 12.4 Å². The van der Waals surface area contributed by atoms with Crippen molar-refractivity contribution in [3.8, 4) is 0 Å². The van der Waals surface area contributed by atoms with Crippen molar-refractivity contribution in [1.82, 2.24) is 10.2 Å². The summed E-state index contributed by atoms with van der Waals surface area (Å²) in [5, 5.41) is 10.6. The Hall–Kier alpha value is -2.66. The van der Waals surface area contributed by atoms with Crippen molar-refractivity contribution in [2.24, 2.45) is 0 Å². The number of carbonyl (C=O) groups is 1. The maximum absolute atomic E-state index is 12.4. The van der Waals surface area contributed by atoms with Gasteiger partial charge in [-0.1, -0.05) is 30.3 Å². The average Bonchev–Trinajstić information content (AvgIpc) is 2.96. The lowest BCUT2D eigenvalue weighted by Crippen LogP contribution is -2.22. The molecule has 0 aliphatic rings. The van der Waals surface area contributed by atoms with Gasteiger partial charge in [-0.25, -0.2) is 0 Å². The molecule has 0 unspecified atom stereocenters. The minimum atomic E-state index is -0.633. The maximum atomic E-state index is 12.4. The minimum absolute atomic E-state index is 0.202. The van der Waals surface area contributed by atoms with Crippen LogP contribution in [0.3, 0.4) is 0 Å². The van der Waals surface area contributed by atoms with Gasteiger partial charge in [-0.05, 0) is 23.8 Å². The summed E-state index contributed by atoms with van der Waals surface area (Å²) in [4.78, 5) is 12.4. The van der Waals surface area contributed by atoms with Gasteiger partial charge in [0.2, 0.25) is 0 Å². The third-order valence-electron chi connectivity index (χ3n) is 3.28. The smallest absolute Gasteiger partial charge is 0.258 e. The molecule has 1 heterocycles. The number of nitrogens with one attached hydrogen (secondary N) is 2. The molecule has 1 amide bonds. The molecule has 0 spiro atoms. The van der Waals surface area contributed by atoms with Crippen LogP contribution in [0.4, 0.5) is 5.69 Å². The van der Waals surface area contributed by atoms with Gasteiger partial charge >= 0.3 is 0 Å². The molecule has 5 nitrogen and oxygen atoms in total. The number of aromatic amines is 1. The summed E-state index contributed by atoms with van der Waals surface area (Å²) in [6, 6.07) is 15.0. The predicted molar refractivity (Wildman–Crippen MR) is 80.9 cm³/mol. The van der Waals surface area contributed by atoms with E-state index >= 15 is 0 Å². The molecular formula is C16H15N3O2. The Morgan fingerprint density at radius 3 is 2.81 bits per heavy atom. The van der Waals surface area contributed by atoms with Crippen LogP contribution in [-0.2, 0) is 9.53 Å². The minimum Gasteiger partial charge on any atom is -0.367 e. The van der Waals surface area contributed by atoms with E-state index in [2.05, 4.69) is 15.5 Å². The van der Waals surface area contributed by atoms with Gasteiger partial charge in [-0.2, -0.15) is 5.10 Å². The first-order valence-corrected chi connectivity index (χ1v) is 6.59. The van der Waals surface area contributed by atoms with E-state index in [1.54, 1.807) is 6.20 Å². The van der Waals surface area contributed by atoms with Crippen LogP contribution in [0.15, 0.2) is 54.7 Å². The number of H-pyrrole nitrogens is 1. The van der Waals surface area contributed by atoms with E-state index in [1.165, 1.54) is 7.11 Å². The Kier molecular flexibility index (Phi) is 3.66. The zero-order valence-electron chi connectivity index (χ0n) is 11.5. The van der Waals surface area contributed by atoms with Gasteiger partial charge in [0.1, 0.15) is 0 Å². The highest BCUT2D eigenvalue weighted by Gasteiger charge is 2.19. The molecule has 0 bridgehead atoms. The normalized spacial score (nSPS) is 12.2. The number of rotatable bonds is 4. The zero-order valence-corrected chi connectivity index (χ0v) is 11.5. The molecule has 2 aromatic carbocycles. The molecule has 1 aromatic heterocycles. The van der Waals surface area contributed by atoms with Crippen molar-refractivity contribution in [3.05, 3.63) is 60.3 Å². The number of carbonyl (C=O) groups excluding carboxylic acids is 1. The van der Waals surface area contributed by atoms with E-state index < -0.39 is 6.10 Å². The van der Waals surface area contributed by atoms with E-state index in [0.29, 0.717) is 5.69 Å². The Labute approximate surface area is 121 Å². The van der Waals surface area contributed by atoms with Gasteiger partial charge in [0, 0.05) is 18.2 Å². The van der Waals surface area contributed by atoms with E-state index in [0.717, 1.165) is 16.5 Å². The first kappa shape index (κ1) is 13.3. The van der Waals surface area contributed by atoms with Crippen LogP contribution in [0.1, 0.15) is 11.7 Å². The van der Waals surface area contributed by atoms with E-state index in [1.807, 2.05) is 48.5 Å². The first-order valence-electron chi connectivity index (χ1n) is 6.59. The molecule has 3 rings (SSSR count). The summed E-state index contributed by atoms with van der Waals surface area (Å²) in [7, 11) is 1.52. The first-order chi connectivity index (χ1) is 10.3. The second-order valence-electron chi connectivity index (χ2n) is 4.69. The monoisotopic (exact) mass is 281 g/mol. The van der Waals surface area contributed by atoms with Crippen LogP contribution in [0.25, 0.3) is 10.9 Å². The Bertz CT molecular complexity index is 752. The number of ether oxygens (including phenoxy) is 1. The molecule has 0 aliphatic carbocycles. The quantitative estimate of drug-likeness (QED) is 0.772. The lowest BCUT2D eigenvalue weighted by atomic mass is 10.1. The SMILES string of the molecule is CO[C@@H](C(=O)Nc1ccc2[nH]ncc2c1)c1ccccc1. The summed E-state index contributed by atoms with van der Waals surface area (Å²) in [5.74, 6) is -0.202. The summed E-state index contributed by atoms with van der Waals surface area (Å²) >= 11 is 0. The fraction of sp³-hybridized carbons (Fsp3) is 0.125. The standard InChI is InChI=1S/C16H15N3O2/c1-21-15(11-5-3-2-4-6-11)16(20)18-13-7-8-14-12(9-13)10-17-19-14/h2-10,15H,1H3,(H,17,19)(H,18,20)/t15-/m1/s1. The number of methoxy groups -OCH3 is 1. The van der Waals surface area contributed by atoms with Crippen molar-refractivity contribution < 1.29 is 9.53 Å². The summed E-state index contributed by atoms with van der Waals surface area (Å²) < 4.78 is 5.31. The van der Waals surface area contributed by atoms with Crippen LogP contribution < -0.4 is 5.32 Å². The summed E-state index contributed by atoms with van der Waals surface area (Å²) in [6.07, 6.45) is 1.09. The molecule has 106 valence electrons. The van der Waals surface area contributed by atoms with Crippen molar-refractivity contribution in [1.29, 1.82) is 0 Å². The highest BCUT2D eigenvalue weighted by molar-refractivity contribution is 5.96. The number of fused-ring (bicyclic) bond motifs is 1. The number of nitrogens with zero attached hydrogens (tertiary/aromatic N) is 1.